The monoisotopic (exact) mass is 266 g/mol. The van der Waals surface area contributed by atoms with E-state index in [0.717, 1.165) is 19.6 Å². The van der Waals surface area contributed by atoms with E-state index in [4.69, 9.17) is 0 Å². The van der Waals surface area contributed by atoms with Crippen LogP contribution in [0.1, 0.15) is 13.3 Å². The van der Waals surface area contributed by atoms with Gasteiger partial charge < -0.3 is 10.2 Å². The van der Waals surface area contributed by atoms with E-state index in [9.17, 15) is 0 Å². The van der Waals surface area contributed by atoms with E-state index in [2.05, 4.69) is 71.7 Å². The van der Waals surface area contributed by atoms with Gasteiger partial charge in [-0.25, -0.2) is 0 Å². The van der Waals surface area contributed by atoms with Crippen molar-refractivity contribution in [3.05, 3.63) is 54.6 Å². The third kappa shape index (κ3) is 2.86. The summed E-state index contributed by atoms with van der Waals surface area (Å²) in [6.07, 6.45) is 1.20. The molecule has 3 rings (SSSR count). The van der Waals surface area contributed by atoms with Crippen molar-refractivity contribution >= 4 is 5.69 Å². The number of hydrogen-bond acceptors (Lipinski definition) is 2. The first kappa shape index (κ1) is 13.2. The number of para-hydroxylation sites is 1. The Morgan fingerprint density at radius 3 is 2.60 bits per heavy atom. The largest absolute Gasteiger partial charge is 0.369 e. The van der Waals surface area contributed by atoms with Gasteiger partial charge in [0.25, 0.3) is 0 Å². The first-order chi connectivity index (χ1) is 9.84. The van der Waals surface area contributed by atoms with Crippen molar-refractivity contribution in [1.82, 2.24) is 5.32 Å². The van der Waals surface area contributed by atoms with Crippen LogP contribution < -0.4 is 10.2 Å². The van der Waals surface area contributed by atoms with Gasteiger partial charge in [-0.05, 0) is 31.5 Å². The van der Waals surface area contributed by atoms with Crippen LogP contribution in [0.4, 0.5) is 5.69 Å². The fourth-order valence-corrected chi connectivity index (χ4v) is 2.93. The summed E-state index contributed by atoms with van der Waals surface area (Å²) in [7, 11) is 0. The molecular formula is C18H22N2. The number of rotatable bonds is 2. The fourth-order valence-electron chi connectivity index (χ4n) is 2.93. The zero-order valence-corrected chi connectivity index (χ0v) is 12.0. The predicted molar refractivity (Wildman–Crippen MR) is 86.2 cm³/mol. The smallest absolute Gasteiger partial charge is 0.0446 e. The quantitative estimate of drug-likeness (QED) is 0.894. The van der Waals surface area contributed by atoms with Gasteiger partial charge in [0.15, 0.2) is 0 Å². The number of benzene rings is 2. The van der Waals surface area contributed by atoms with Crippen molar-refractivity contribution < 1.29 is 0 Å². The van der Waals surface area contributed by atoms with E-state index in [1.54, 1.807) is 0 Å². The van der Waals surface area contributed by atoms with Gasteiger partial charge in [-0.1, -0.05) is 48.5 Å². The highest BCUT2D eigenvalue weighted by molar-refractivity contribution is 5.78. The molecular weight excluding hydrogens is 244 g/mol. The second-order valence-corrected chi connectivity index (χ2v) is 5.54. The van der Waals surface area contributed by atoms with E-state index < -0.39 is 0 Å². The Morgan fingerprint density at radius 2 is 1.75 bits per heavy atom. The molecule has 1 N–H and O–H groups in total. The first-order valence-corrected chi connectivity index (χ1v) is 7.47. The average Bonchev–Trinajstić information content (AvgIpc) is 2.73. The minimum Gasteiger partial charge on any atom is -0.369 e. The minimum absolute atomic E-state index is 0.543. The molecule has 2 nitrogen and oxygen atoms in total. The van der Waals surface area contributed by atoms with Crippen LogP contribution in [0, 0.1) is 0 Å². The lowest BCUT2D eigenvalue weighted by molar-refractivity contribution is 0.585. The second-order valence-electron chi connectivity index (χ2n) is 5.54. The van der Waals surface area contributed by atoms with Crippen molar-refractivity contribution in [3.8, 4) is 11.1 Å². The molecule has 2 aromatic rings. The molecule has 1 fully saturated rings. The molecule has 2 aromatic carbocycles. The summed E-state index contributed by atoms with van der Waals surface area (Å²) in [5, 5.41) is 3.56. The van der Waals surface area contributed by atoms with Gasteiger partial charge >= 0.3 is 0 Å². The first-order valence-electron chi connectivity index (χ1n) is 7.47. The highest BCUT2D eigenvalue weighted by atomic mass is 15.2. The highest BCUT2D eigenvalue weighted by Gasteiger charge is 2.17. The van der Waals surface area contributed by atoms with Gasteiger partial charge in [0.2, 0.25) is 0 Å². The molecule has 1 aliphatic heterocycles. The van der Waals surface area contributed by atoms with Crippen LogP contribution in [0.3, 0.4) is 0 Å². The second kappa shape index (κ2) is 6.10. The molecule has 2 heteroatoms. The summed E-state index contributed by atoms with van der Waals surface area (Å²) in [6.45, 7) is 5.58. The Balaban J connectivity index is 1.97. The lowest BCUT2D eigenvalue weighted by atomic mass is 10.0. The summed E-state index contributed by atoms with van der Waals surface area (Å²) < 4.78 is 0. The molecule has 0 saturated carbocycles. The Bertz CT molecular complexity index is 550. The molecule has 1 unspecified atom stereocenters. The molecule has 0 amide bonds. The topological polar surface area (TPSA) is 15.3 Å². The summed E-state index contributed by atoms with van der Waals surface area (Å²) in [5.74, 6) is 0. The van der Waals surface area contributed by atoms with Crippen LogP contribution in [-0.2, 0) is 0 Å². The van der Waals surface area contributed by atoms with Crippen LogP contribution in [0.15, 0.2) is 54.6 Å². The molecule has 20 heavy (non-hydrogen) atoms. The van der Waals surface area contributed by atoms with E-state index in [1.165, 1.54) is 23.2 Å². The van der Waals surface area contributed by atoms with Crippen molar-refractivity contribution in [2.45, 2.75) is 19.4 Å². The third-order valence-corrected chi connectivity index (χ3v) is 3.92. The van der Waals surface area contributed by atoms with Gasteiger partial charge in [0, 0.05) is 30.4 Å². The van der Waals surface area contributed by atoms with E-state index >= 15 is 0 Å². The molecule has 1 aliphatic rings. The highest BCUT2D eigenvalue weighted by Crippen LogP contribution is 2.31. The molecule has 0 aromatic heterocycles. The van der Waals surface area contributed by atoms with Crippen molar-refractivity contribution in [3.63, 3.8) is 0 Å². The Morgan fingerprint density at radius 1 is 1.00 bits per heavy atom. The van der Waals surface area contributed by atoms with Gasteiger partial charge in [0.1, 0.15) is 0 Å². The lowest BCUT2D eigenvalue weighted by Gasteiger charge is -2.27. The van der Waals surface area contributed by atoms with Gasteiger partial charge in [-0.2, -0.15) is 0 Å². The molecule has 0 bridgehead atoms. The number of hydrogen-bond donors (Lipinski definition) is 1. The van der Waals surface area contributed by atoms with E-state index in [-0.39, 0.29) is 0 Å². The zero-order chi connectivity index (χ0) is 13.8. The zero-order valence-electron chi connectivity index (χ0n) is 12.0. The van der Waals surface area contributed by atoms with E-state index in [0.29, 0.717) is 6.04 Å². The van der Waals surface area contributed by atoms with E-state index in [1.807, 2.05) is 0 Å². The van der Waals surface area contributed by atoms with Crippen LogP contribution >= 0.6 is 0 Å². The molecule has 0 radical (unpaired) electrons. The molecule has 104 valence electrons. The summed E-state index contributed by atoms with van der Waals surface area (Å²) in [4.78, 5) is 2.52. The molecule has 0 spiro atoms. The predicted octanol–water partition coefficient (Wildman–Crippen LogP) is 3.54. The van der Waals surface area contributed by atoms with Gasteiger partial charge in [-0.3, -0.25) is 0 Å². The minimum atomic E-state index is 0.543. The molecule has 1 atom stereocenters. The summed E-state index contributed by atoms with van der Waals surface area (Å²) in [6, 6.07) is 20.0. The van der Waals surface area contributed by atoms with Gasteiger partial charge in [-0.15, -0.1) is 0 Å². The number of nitrogens with zero attached hydrogens (tertiary/aromatic N) is 1. The maximum absolute atomic E-state index is 3.56. The summed E-state index contributed by atoms with van der Waals surface area (Å²) >= 11 is 0. The van der Waals surface area contributed by atoms with Crippen LogP contribution in [0.25, 0.3) is 11.1 Å². The maximum atomic E-state index is 3.56. The molecule has 1 heterocycles. The maximum Gasteiger partial charge on any atom is 0.0446 e. The van der Waals surface area contributed by atoms with Crippen LogP contribution in [0.2, 0.25) is 0 Å². The lowest BCUT2D eigenvalue weighted by Crippen LogP contribution is -2.35. The van der Waals surface area contributed by atoms with Crippen LogP contribution in [-0.4, -0.2) is 25.7 Å². The summed E-state index contributed by atoms with van der Waals surface area (Å²) in [5.41, 5.74) is 3.99. The fraction of sp³-hybridized carbons (Fsp3) is 0.333. The van der Waals surface area contributed by atoms with Crippen molar-refractivity contribution in [1.29, 1.82) is 0 Å². The van der Waals surface area contributed by atoms with Crippen molar-refractivity contribution in [2.75, 3.05) is 24.5 Å². The number of anilines is 1. The SMILES string of the molecule is CC1CN(c2ccccc2-c2ccccc2)CCCN1. The Labute approximate surface area is 121 Å². The molecule has 1 saturated heterocycles. The van der Waals surface area contributed by atoms with Crippen molar-refractivity contribution in [2.24, 2.45) is 0 Å². The average molecular weight is 266 g/mol. The number of nitrogens with one attached hydrogen (secondary N) is 1. The van der Waals surface area contributed by atoms with Crippen LogP contribution in [0.5, 0.6) is 0 Å². The third-order valence-electron chi connectivity index (χ3n) is 3.92. The standard InChI is InChI=1S/C18H22N2/c1-15-14-20(13-7-12-19-15)18-11-6-5-10-17(18)16-8-3-2-4-9-16/h2-6,8-11,15,19H,7,12-14H2,1H3. The Hall–Kier alpha value is -1.80. The van der Waals surface area contributed by atoms with Gasteiger partial charge in [0.05, 0.1) is 0 Å². The molecule has 0 aliphatic carbocycles. The normalized spacial score (nSPS) is 19.6. The Kier molecular flexibility index (Phi) is 4.03.